The van der Waals surface area contributed by atoms with Gasteiger partial charge in [-0.25, -0.2) is 4.98 Å². The van der Waals surface area contributed by atoms with Gasteiger partial charge in [0.25, 0.3) is 0 Å². The van der Waals surface area contributed by atoms with E-state index in [2.05, 4.69) is 16.2 Å². The first-order valence-corrected chi connectivity index (χ1v) is 9.86. The Morgan fingerprint density at radius 2 is 2.00 bits per heavy atom. The maximum atomic E-state index is 11.2. The normalized spacial score (nSPS) is 24.0. The molecule has 6 nitrogen and oxygen atoms in total. The molecule has 3 aromatic rings. The number of aromatic nitrogens is 3. The molecule has 2 heterocycles. The van der Waals surface area contributed by atoms with Gasteiger partial charge >= 0.3 is 0 Å². The first kappa shape index (κ1) is 17.0. The van der Waals surface area contributed by atoms with Gasteiger partial charge in [-0.15, -0.1) is 0 Å². The molecule has 2 aliphatic rings. The fourth-order valence-electron chi connectivity index (χ4n) is 4.55. The zero-order chi connectivity index (χ0) is 18.7. The Balaban J connectivity index is 1.69. The second-order valence-corrected chi connectivity index (χ2v) is 8.16. The SMILES string of the molecule is Cc1noc(C)c1-c1cc(C(O)C2CCCC2O)c2nc(C3CC3)[nH]c2c1. The molecule has 2 aliphatic carbocycles. The number of rotatable bonds is 4. The van der Waals surface area contributed by atoms with Crippen molar-refractivity contribution in [2.75, 3.05) is 0 Å². The zero-order valence-electron chi connectivity index (χ0n) is 15.7. The van der Waals surface area contributed by atoms with Gasteiger partial charge in [-0.2, -0.15) is 0 Å². The molecule has 5 rings (SSSR count). The summed E-state index contributed by atoms with van der Waals surface area (Å²) >= 11 is 0. The van der Waals surface area contributed by atoms with E-state index in [9.17, 15) is 10.2 Å². The minimum absolute atomic E-state index is 0.144. The number of aliphatic hydroxyl groups excluding tert-OH is 2. The summed E-state index contributed by atoms with van der Waals surface area (Å²) in [6.45, 7) is 3.83. The fraction of sp³-hybridized carbons (Fsp3) is 0.524. The number of benzene rings is 1. The van der Waals surface area contributed by atoms with Crippen LogP contribution in [0.2, 0.25) is 0 Å². The molecule has 0 saturated heterocycles. The summed E-state index contributed by atoms with van der Waals surface area (Å²) in [5, 5.41) is 25.6. The fourth-order valence-corrected chi connectivity index (χ4v) is 4.55. The number of hydrogen-bond donors (Lipinski definition) is 3. The number of nitrogens with one attached hydrogen (secondary N) is 1. The lowest BCUT2D eigenvalue weighted by molar-refractivity contribution is 0.0314. The molecule has 2 fully saturated rings. The highest BCUT2D eigenvalue weighted by molar-refractivity contribution is 5.86. The van der Waals surface area contributed by atoms with Gasteiger partial charge in [0.15, 0.2) is 0 Å². The quantitative estimate of drug-likeness (QED) is 0.650. The van der Waals surface area contributed by atoms with Gasteiger partial charge < -0.3 is 19.7 Å². The smallest absolute Gasteiger partial charge is 0.141 e. The van der Waals surface area contributed by atoms with Crippen molar-refractivity contribution in [3.63, 3.8) is 0 Å². The van der Waals surface area contributed by atoms with E-state index in [1.165, 1.54) is 0 Å². The number of H-pyrrole nitrogens is 1. The molecule has 2 saturated carbocycles. The van der Waals surface area contributed by atoms with Gasteiger partial charge in [0, 0.05) is 23.0 Å². The molecule has 6 heteroatoms. The highest BCUT2D eigenvalue weighted by Gasteiger charge is 2.35. The molecule has 3 unspecified atom stereocenters. The van der Waals surface area contributed by atoms with E-state index in [1.54, 1.807) is 0 Å². The Morgan fingerprint density at radius 3 is 2.63 bits per heavy atom. The number of hydrogen-bond acceptors (Lipinski definition) is 5. The van der Waals surface area contributed by atoms with E-state index in [4.69, 9.17) is 9.51 Å². The predicted octanol–water partition coefficient (Wildman–Crippen LogP) is 3.91. The molecule has 0 amide bonds. The lowest BCUT2D eigenvalue weighted by Gasteiger charge is -2.22. The van der Waals surface area contributed by atoms with Crippen molar-refractivity contribution < 1.29 is 14.7 Å². The highest BCUT2D eigenvalue weighted by Crippen LogP contribution is 2.43. The summed E-state index contributed by atoms with van der Waals surface area (Å²) in [5.74, 6) is 2.12. The van der Waals surface area contributed by atoms with Crippen molar-refractivity contribution in [3.8, 4) is 11.1 Å². The zero-order valence-corrected chi connectivity index (χ0v) is 15.7. The first-order chi connectivity index (χ1) is 13.0. The van der Waals surface area contributed by atoms with E-state index in [-0.39, 0.29) is 5.92 Å². The molecule has 0 spiro atoms. The number of fused-ring (bicyclic) bond motifs is 1. The van der Waals surface area contributed by atoms with Crippen LogP contribution in [0.1, 0.15) is 67.0 Å². The molecule has 3 N–H and O–H groups in total. The van der Waals surface area contributed by atoms with Crippen LogP contribution < -0.4 is 0 Å². The number of imidazole rings is 1. The number of aryl methyl sites for hydroxylation is 2. The Hall–Kier alpha value is -2.18. The van der Waals surface area contributed by atoms with E-state index < -0.39 is 12.2 Å². The summed E-state index contributed by atoms with van der Waals surface area (Å²) in [5.41, 5.74) is 5.29. The highest BCUT2D eigenvalue weighted by atomic mass is 16.5. The van der Waals surface area contributed by atoms with Crippen molar-refractivity contribution in [3.05, 3.63) is 35.0 Å². The van der Waals surface area contributed by atoms with E-state index >= 15 is 0 Å². The molecule has 1 aromatic carbocycles. The van der Waals surface area contributed by atoms with Gasteiger partial charge in [-0.05, 0) is 57.2 Å². The Kier molecular flexibility index (Phi) is 3.88. The van der Waals surface area contributed by atoms with Crippen LogP contribution in [0, 0.1) is 19.8 Å². The van der Waals surface area contributed by atoms with Crippen LogP contribution in [-0.2, 0) is 0 Å². The summed E-state index contributed by atoms with van der Waals surface area (Å²) in [6.07, 6.45) is 3.66. The van der Waals surface area contributed by atoms with E-state index in [1.807, 2.05) is 19.9 Å². The van der Waals surface area contributed by atoms with Crippen LogP contribution in [0.4, 0.5) is 0 Å². The average Bonchev–Trinajstić information content (AvgIpc) is 3.12. The second-order valence-electron chi connectivity index (χ2n) is 8.16. The second kappa shape index (κ2) is 6.17. The van der Waals surface area contributed by atoms with Gasteiger partial charge in [0.2, 0.25) is 0 Å². The monoisotopic (exact) mass is 367 g/mol. The lowest BCUT2D eigenvalue weighted by atomic mass is 9.89. The molecule has 3 atom stereocenters. The van der Waals surface area contributed by atoms with Crippen molar-refractivity contribution in [1.29, 1.82) is 0 Å². The first-order valence-electron chi connectivity index (χ1n) is 9.86. The average molecular weight is 367 g/mol. The Bertz CT molecular complexity index is 982. The maximum Gasteiger partial charge on any atom is 0.141 e. The predicted molar refractivity (Wildman–Crippen MR) is 101 cm³/mol. The Labute approximate surface area is 157 Å². The summed E-state index contributed by atoms with van der Waals surface area (Å²) in [6, 6.07) is 4.07. The molecular weight excluding hydrogens is 342 g/mol. The number of aliphatic hydroxyl groups is 2. The van der Waals surface area contributed by atoms with Crippen LogP contribution in [-0.4, -0.2) is 31.4 Å². The maximum absolute atomic E-state index is 11.2. The van der Waals surface area contributed by atoms with E-state index in [0.717, 1.165) is 77.1 Å². The largest absolute Gasteiger partial charge is 0.393 e. The minimum Gasteiger partial charge on any atom is -0.393 e. The van der Waals surface area contributed by atoms with Crippen molar-refractivity contribution in [2.45, 2.75) is 64.1 Å². The van der Waals surface area contributed by atoms with Crippen molar-refractivity contribution >= 4 is 11.0 Å². The lowest BCUT2D eigenvalue weighted by Crippen LogP contribution is -2.21. The minimum atomic E-state index is -0.735. The van der Waals surface area contributed by atoms with Gasteiger partial charge in [-0.3, -0.25) is 0 Å². The molecule has 0 bridgehead atoms. The number of nitrogens with zero attached hydrogens (tertiary/aromatic N) is 2. The van der Waals surface area contributed by atoms with Crippen molar-refractivity contribution in [2.24, 2.45) is 5.92 Å². The van der Waals surface area contributed by atoms with Crippen LogP contribution >= 0.6 is 0 Å². The molecule has 27 heavy (non-hydrogen) atoms. The summed E-state index contributed by atoms with van der Waals surface area (Å²) < 4.78 is 5.35. The molecule has 142 valence electrons. The van der Waals surface area contributed by atoms with E-state index in [0.29, 0.717) is 5.92 Å². The van der Waals surface area contributed by atoms with Crippen LogP contribution in [0.25, 0.3) is 22.2 Å². The molecule has 0 aliphatic heterocycles. The van der Waals surface area contributed by atoms with Crippen molar-refractivity contribution in [1.82, 2.24) is 15.1 Å². The third-order valence-corrected chi connectivity index (χ3v) is 6.18. The topological polar surface area (TPSA) is 95.2 Å². The van der Waals surface area contributed by atoms with Gasteiger partial charge in [-0.1, -0.05) is 11.6 Å². The van der Waals surface area contributed by atoms with Crippen LogP contribution in [0.15, 0.2) is 16.7 Å². The third kappa shape index (κ3) is 2.78. The molecular formula is C21H25N3O3. The standard InChI is InChI=1S/C21H25N3O3/c1-10-18(11(2)27-24-10)13-8-15(20(26)14-4-3-5-17(14)25)19-16(9-13)22-21(23-19)12-6-7-12/h8-9,12,14,17,20,25-26H,3-7H2,1-2H3,(H,22,23). The number of aromatic amines is 1. The van der Waals surface area contributed by atoms with Crippen LogP contribution in [0.5, 0.6) is 0 Å². The molecule has 2 aromatic heterocycles. The summed E-state index contributed by atoms with van der Waals surface area (Å²) in [4.78, 5) is 8.28. The third-order valence-electron chi connectivity index (χ3n) is 6.18. The van der Waals surface area contributed by atoms with Gasteiger partial charge in [0.1, 0.15) is 11.6 Å². The van der Waals surface area contributed by atoms with Crippen LogP contribution in [0.3, 0.4) is 0 Å². The van der Waals surface area contributed by atoms with Gasteiger partial charge in [0.05, 0.1) is 28.9 Å². The molecule has 0 radical (unpaired) electrons. The summed E-state index contributed by atoms with van der Waals surface area (Å²) in [7, 11) is 0. The Morgan fingerprint density at radius 1 is 1.19 bits per heavy atom.